The predicted molar refractivity (Wildman–Crippen MR) is 64.4 cm³/mol. The Morgan fingerprint density at radius 2 is 1.65 bits per heavy atom. The molecular weight excluding hydrogens is 216 g/mol. The second kappa shape index (κ2) is 4.29. The summed E-state index contributed by atoms with van der Waals surface area (Å²) in [6.45, 7) is 1.94. The van der Waals surface area contributed by atoms with Crippen molar-refractivity contribution in [3.05, 3.63) is 59.2 Å². The second-order valence-electron chi connectivity index (χ2n) is 3.90. The minimum atomic E-state index is -0.262. The summed E-state index contributed by atoms with van der Waals surface area (Å²) in [6.07, 6.45) is 0. The number of rotatable bonds is 2. The third kappa shape index (κ3) is 2.28. The van der Waals surface area contributed by atoms with Gasteiger partial charge in [0, 0.05) is 11.6 Å². The molecule has 0 unspecified atom stereocenters. The van der Waals surface area contributed by atoms with Crippen molar-refractivity contribution in [2.24, 2.45) is 0 Å². The molecule has 0 fully saturated rings. The molecule has 0 aliphatic rings. The van der Waals surface area contributed by atoms with Gasteiger partial charge in [0.1, 0.15) is 11.5 Å². The maximum absolute atomic E-state index is 12.0. The fourth-order valence-electron chi connectivity index (χ4n) is 1.57. The van der Waals surface area contributed by atoms with Crippen LogP contribution in [0.4, 0.5) is 0 Å². The van der Waals surface area contributed by atoms with Crippen molar-refractivity contribution in [1.82, 2.24) is 0 Å². The number of carbonyl (C=O) groups is 1. The molecule has 86 valence electrons. The number of phenolic OH excluding ortho intramolecular Hbond substituents is 2. The van der Waals surface area contributed by atoms with Gasteiger partial charge < -0.3 is 10.2 Å². The van der Waals surface area contributed by atoms with Crippen molar-refractivity contribution < 1.29 is 15.0 Å². The fourth-order valence-corrected chi connectivity index (χ4v) is 1.57. The van der Waals surface area contributed by atoms with Crippen LogP contribution in [-0.2, 0) is 0 Å². The lowest BCUT2D eigenvalue weighted by Crippen LogP contribution is -2.01. The zero-order valence-corrected chi connectivity index (χ0v) is 9.34. The Hall–Kier alpha value is -2.29. The van der Waals surface area contributed by atoms with Gasteiger partial charge in [-0.15, -0.1) is 0 Å². The fraction of sp³-hybridized carbons (Fsp3) is 0.0714. The average molecular weight is 228 g/mol. The van der Waals surface area contributed by atoms with Crippen LogP contribution in [-0.4, -0.2) is 16.0 Å². The first-order valence-corrected chi connectivity index (χ1v) is 5.21. The number of benzene rings is 2. The van der Waals surface area contributed by atoms with E-state index in [4.69, 9.17) is 5.11 Å². The molecule has 2 rings (SSSR count). The highest BCUT2D eigenvalue weighted by Crippen LogP contribution is 2.24. The Balaban J connectivity index is 2.40. The number of phenols is 2. The lowest BCUT2D eigenvalue weighted by molar-refractivity contribution is 0.103. The van der Waals surface area contributed by atoms with Gasteiger partial charge in [-0.05, 0) is 19.1 Å². The van der Waals surface area contributed by atoms with Crippen molar-refractivity contribution in [2.75, 3.05) is 0 Å². The first-order chi connectivity index (χ1) is 8.08. The van der Waals surface area contributed by atoms with Crippen molar-refractivity contribution >= 4 is 5.78 Å². The van der Waals surface area contributed by atoms with E-state index in [1.54, 1.807) is 12.1 Å². The third-order valence-electron chi connectivity index (χ3n) is 2.54. The average Bonchev–Trinajstić information content (AvgIpc) is 2.29. The summed E-state index contributed by atoms with van der Waals surface area (Å²) < 4.78 is 0. The first-order valence-electron chi connectivity index (χ1n) is 5.21. The van der Waals surface area contributed by atoms with Crippen molar-refractivity contribution in [3.8, 4) is 11.5 Å². The number of aryl methyl sites for hydroxylation is 1. The molecular formula is C14H12O3. The molecule has 0 spiro atoms. The summed E-state index contributed by atoms with van der Waals surface area (Å²) in [5.41, 5.74) is 1.76. The van der Waals surface area contributed by atoms with E-state index in [1.807, 2.05) is 19.1 Å². The largest absolute Gasteiger partial charge is 0.508 e. The monoisotopic (exact) mass is 228 g/mol. The van der Waals surface area contributed by atoms with Crippen molar-refractivity contribution in [2.45, 2.75) is 6.92 Å². The van der Waals surface area contributed by atoms with Crippen LogP contribution in [0.25, 0.3) is 0 Å². The molecule has 0 saturated carbocycles. The molecule has 3 nitrogen and oxygen atoms in total. The number of hydrogen-bond donors (Lipinski definition) is 2. The highest BCUT2D eigenvalue weighted by molar-refractivity contribution is 6.10. The van der Waals surface area contributed by atoms with Gasteiger partial charge in [-0.25, -0.2) is 0 Å². The summed E-state index contributed by atoms with van der Waals surface area (Å²) in [4.78, 5) is 12.0. The summed E-state index contributed by atoms with van der Waals surface area (Å²) in [5, 5.41) is 18.8. The lowest BCUT2D eigenvalue weighted by Gasteiger charge is -2.04. The van der Waals surface area contributed by atoms with E-state index in [9.17, 15) is 9.90 Å². The van der Waals surface area contributed by atoms with Crippen molar-refractivity contribution in [1.29, 1.82) is 0 Å². The molecule has 0 atom stereocenters. The van der Waals surface area contributed by atoms with Gasteiger partial charge in [-0.2, -0.15) is 0 Å². The SMILES string of the molecule is Cc1ccc(C(=O)c2ccc(O)cc2O)cc1. The molecule has 0 aliphatic heterocycles. The maximum atomic E-state index is 12.0. The number of carbonyl (C=O) groups excluding carboxylic acids is 1. The predicted octanol–water partition coefficient (Wildman–Crippen LogP) is 2.64. The van der Waals surface area contributed by atoms with Gasteiger partial charge in [0.05, 0.1) is 5.56 Å². The van der Waals surface area contributed by atoms with E-state index in [2.05, 4.69) is 0 Å². The van der Waals surface area contributed by atoms with Gasteiger partial charge in [0.15, 0.2) is 5.78 Å². The summed E-state index contributed by atoms with van der Waals surface area (Å²) in [7, 11) is 0. The summed E-state index contributed by atoms with van der Waals surface area (Å²) in [5.74, 6) is -0.541. The Morgan fingerprint density at radius 3 is 2.24 bits per heavy atom. The number of aromatic hydroxyl groups is 2. The highest BCUT2D eigenvalue weighted by Gasteiger charge is 2.13. The van der Waals surface area contributed by atoms with Crippen LogP contribution in [0.3, 0.4) is 0 Å². The molecule has 0 amide bonds. The highest BCUT2D eigenvalue weighted by atomic mass is 16.3. The van der Waals surface area contributed by atoms with E-state index in [0.717, 1.165) is 11.6 Å². The Morgan fingerprint density at radius 1 is 1.00 bits per heavy atom. The van der Waals surface area contributed by atoms with Crippen LogP contribution in [0, 0.1) is 6.92 Å². The van der Waals surface area contributed by atoms with Crippen LogP contribution in [0.1, 0.15) is 21.5 Å². The molecule has 0 aromatic heterocycles. The molecule has 0 radical (unpaired) electrons. The molecule has 0 heterocycles. The Labute approximate surface area is 99.0 Å². The van der Waals surface area contributed by atoms with E-state index >= 15 is 0 Å². The smallest absolute Gasteiger partial charge is 0.196 e. The minimum absolute atomic E-state index is 0.0667. The summed E-state index contributed by atoms with van der Waals surface area (Å²) in [6, 6.07) is 11.0. The van der Waals surface area contributed by atoms with Gasteiger partial charge in [-0.1, -0.05) is 29.8 Å². The summed E-state index contributed by atoms with van der Waals surface area (Å²) >= 11 is 0. The standard InChI is InChI=1S/C14H12O3/c1-9-2-4-10(5-3-9)14(17)12-7-6-11(15)8-13(12)16/h2-8,15-16H,1H3. The minimum Gasteiger partial charge on any atom is -0.508 e. The molecule has 0 aliphatic carbocycles. The third-order valence-corrected chi connectivity index (χ3v) is 2.54. The van der Waals surface area contributed by atoms with Crippen LogP contribution in [0.2, 0.25) is 0 Å². The molecule has 17 heavy (non-hydrogen) atoms. The van der Waals surface area contributed by atoms with Crippen LogP contribution < -0.4 is 0 Å². The van der Waals surface area contributed by atoms with E-state index in [-0.39, 0.29) is 22.8 Å². The zero-order valence-electron chi connectivity index (χ0n) is 9.34. The zero-order chi connectivity index (χ0) is 12.4. The van der Waals surface area contributed by atoms with Crippen molar-refractivity contribution in [3.63, 3.8) is 0 Å². The van der Waals surface area contributed by atoms with Crippen LogP contribution in [0.15, 0.2) is 42.5 Å². The second-order valence-corrected chi connectivity index (χ2v) is 3.90. The maximum Gasteiger partial charge on any atom is 0.196 e. The van der Waals surface area contributed by atoms with Gasteiger partial charge in [-0.3, -0.25) is 4.79 Å². The number of hydrogen-bond acceptors (Lipinski definition) is 3. The van der Waals surface area contributed by atoms with E-state index in [1.165, 1.54) is 12.1 Å². The Kier molecular flexibility index (Phi) is 2.83. The quantitative estimate of drug-likeness (QED) is 0.777. The van der Waals surface area contributed by atoms with Gasteiger partial charge in [0.2, 0.25) is 0 Å². The lowest BCUT2D eigenvalue weighted by atomic mass is 10.0. The van der Waals surface area contributed by atoms with Crippen LogP contribution in [0.5, 0.6) is 11.5 Å². The molecule has 2 N–H and O–H groups in total. The molecule has 3 heteroatoms. The molecule has 0 saturated heterocycles. The van der Waals surface area contributed by atoms with Gasteiger partial charge in [0.25, 0.3) is 0 Å². The Bertz CT molecular complexity index is 556. The van der Waals surface area contributed by atoms with E-state index in [0.29, 0.717) is 5.56 Å². The molecule has 2 aromatic rings. The molecule has 2 aromatic carbocycles. The molecule has 0 bridgehead atoms. The van der Waals surface area contributed by atoms with E-state index < -0.39 is 0 Å². The first kappa shape index (κ1) is 11.2. The van der Waals surface area contributed by atoms with Crippen LogP contribution >= 0.6 is 0 Å². The number of ketones is 1. The normalized spacial score (nSPS) is 10.2. The van der Waals surface area contributed by atoms with Gasteiger partial charge >= 0.3 is 0 Å². The topological polar surface area (TPSA) is 57.5 Å².